The maximum Gasteiger partial charge on any atom is 0.417 e. The molecule has 13 heteroatoms. The number of H-pyrrole nitrogens is 1. The van der Waals surface area contributed by atoms with Crippen molar-refractivity contribution >= 4 is 64.0 Å². The van der Waals surface area contributed by atoms with Gasteiger partial charge in [0, 0.05) is 51.9 Å². The minimum atomic E-state index is -4.61. The van der Waals surface area contributed by atoms with Crippen LogP contribution in [0, 0.1) is 5.92 Å². The summed E-state index contributed by atoms with van der Waals surface area (Å²) in [4.78, 5) is 51.5. The summed E-state index contributed by atoms with van der Waals surface area (Å²) < 4.78 is 50.6. The molecule has 0 spiro atoms. The number of amides is 1. The van der Waals surface area contributed by atoms with Crippen molar-refractivity contribution < 1.29 is 42.1 Å². The molecule has 195 valence electrons. The molecule has 1 aliphatic heterocycles. The van der Waals surface area contributed by atoms with Gasteiger partial charge >= 0.3 is 24.2 Å². The van der Waals surface area contributed by atoms with Gasteiger partial charge in [-0.2, -0.15) is 13.2 Å². The molecule has 1 aromatic heterocycles. The quantitative estimate of drug-likeness (QED) is 0.344. The van der Waals surface area contributed by atoms with E-state index in [1.807, 2.05) is 0 Å². The summed E-state index contributed by atoms with van der Waals surface area (Å²) in [5.41, 5.74) is -1.39. The number of carboxylic acids is 1. The zero-order chi connectivity index (χ0) is 26.9. The number of aromatic amines is 1. The number of alkyl halides is 3. The molecule has 1 saturated heterocycles. The molecule has 38 heavy (non-hydrogen) atoms. The van der Waals surface area contributed by atoms with Gasteiger partial charge in [-0.25, -0.2) is 4.79 Å². The molecule has 9 nitrogen and oxygen atoms in total. The molecular formula is C25H21F3N2NaO7. The normalized spacial score (nSPS) is 16.1. The van der Waals surface area contributed by atoms with Crippen molar-refractivity contribution in [2.24, 2.45) is 5.92 Å². The standard InChI is InChI=1S/C25H21F3N2O7.Na/c1-13(8-21(31)32)23(34)36-12-16-11-30(24(35)37-16)15-7-6-14-9-20(29-22(33)18(14)10-15)17-4-2-3-5-19(17)25(26,27)28;/h2-7,9-10,13,16H,8,11-12H2,1H3,(H,29,33)(H,31,32);/t13?,16-;/m1./s1. The average Bonchev–Trinajstić information content (AvgIpc) is 3.21. The van der Waals surface area contributed by atoms with Crippen molar-refractivity contribution in [3.8, 4) is 11.3 Å². The van der Waals surface area contributed by atoms with Crippen LogP contribution in [0.2, 0.25) is 0 Å². The van der Waals surface area contributed by atoms with Crippen LogP contribution in [-0.2, 0) is 25.2 Å². The molecule has 2 atom stereocenters. The van der Waals surface area contributed by atoms with Crippen molar-refractivity contribution in [1.82, 2.24) is 4.98 Å². The number of halogens is 3. The van der Waals surface area contributed by atoms with Gasteiger partial charge in [0.25, 0.3) is 5.56 Å². The number of hydrogen-bond acceptors (Lipinski definition) is 6. The van der Waals surface area contributed by atoms with Crippen LogP contribution in [0.15, 0.2) is 53.3 Å². The fourth-order valence-corrected chi connectivity index (χ4v) is 4.01. The monoisotopic (exact) mass is 541 g/mol. The second-order valence-electron chi connectivity index (χ2n) is 8.57. The van der Waals surface area contributed by atoms with Gasteiger partial charge in [-0.05, 0) is 29.7 Å². The fourth-order valence-electron chi connectivity index (χ4n) is 4.01. The van der Waals surface area contributed by atoms with Crippen LogP contribution < -0.4 is 10.5 Å². The Morgan fingerprint density at radius 2 is 1.89 bits per heavy atom. The van der Waals surface area contributed by atoms with Crippen LogP contribution in [0.3, 0.4) is 0 Å². The third kappa shape index (κ3) is 6.37. The van der Waals surface area contributed by atoms with Crippen molar-refractivity contribution in [1.29, 1.82) is 0 Å². The van der Waals surface area contributed by atoms with Crippen LogP contribution in [0.4, 0.5) is 23.7 Å². The molecule has 1 unspecified atom stereocenters. The molecular weight excluding hydrogens is 520 g/mol. The van der Waals surface area contributed by atoms with E-state index >= 15 is 0 Å². The van der Waals surface area contributed by atoms with E-state index in [4.69, 9.17) is 14.6 Å². The topological polar surface area (TPSA) is 126 Å². The number of nitrogens with zero attached hydrogens (tertiary/aromatic N) is 1. The molecule has 0 aliphatic carbocycles. The van der Waals surface area contributed by atoms with Crippen molar-refractivity contribution in [3.05, 3.63) is 64.4 Å². The number of cyclic esters (lactones) is 1. The summed E-state index contributed by atoms with van der Waals surface area (Å²) in [5.74, 6) is -2.76. The van der Waals surface area contributed by atoms with E-state index in [1.54, 1.807) is 0 Å². The number of aromatic nitrogens is 1. The number of carbonyl (C=O) groups is 3. The van der Waals surface area contributed by atoms with Gasteiger partial charge < -0.3 is 19.6 Å². The number of hydrogen-bond donors (Lipinski definition) is 2. The van der Waals surface area contributed by atoms with Gasteiger partial charge in [0.2, 0.25) is 0 Å². The number of nitrogens with one attached hydrogen (secondary N) is 1. The molecule has 4 rings (SSSR count). The summed E-state index contributed by atoms with van der Waals surface area (Å²) in [5, 5.41) is 9.28. The van der Waals surface area contributed by atoms with E-state index in [9.17, 15) is 32.3 Å². The summed E-state index contributed by atoms with van der Waals surface area (Å²) in [6.07, 6.45) is -6.57. The number of carbonyl (C=O) groups excluding carboxylic acids is 2. The van der Waals surface area contributed by atoms with Crippen molar-refractivity contribution in [2.45, 2.75) is 25.6 Å². The Hall–Kier alpha value is -3.35. The van der Waals surface area contributed by atoms with Gasteiger partial charge in [0.1, 0.15) is 6.61 Å². The molecule has 1 fully saturated rings. The molecule has 2 aromatic carbocycles. The number of esters is 1. The number of ether oxygens (including phenoxy) is 2. The molecule has 1 amide bonds. The predicted molar refractivity (Wildman–Crippen MR) is 131 cm³/mol. The second-order valence-corrected chi connectivity index (χ2v) is 8.57. The first kappa shape index (κ1) is 29.2. The minimum Gasteiger partial charge on any atom is -0.481 e. The summed E-state index contributed by atoms with van der Waals surface area (Å²) in [6.45, 7) is 1.13. The van der Waals surface area contributed by atoms with Crippen LogP contribution in [0.1, 0.15) is 18.9 Å². The number of anilines is 1. The van der Waals surface area contributed by atoms with E-state index in [-0.39, 0.29) is 59.4 Å². The zero-order valence-corrected chi connectivity index (χ0v) is 22.4. The first-order chi connectivity index (χ1) is 17.4. The van der Waals surface area contributed by atoms with Crippen LogP contribution in [0.5, 0.6) is 0 Å². The van der Waals surface area contributed by atoms with Gasteiger partial charge in [-0.15, -0.1) is 0 Å². The molecule has 0 saturated carbocycles. The zero-order valence-electron chi connectivity index (χ0n) is 20.4. The number of aliphatic carboxylic acids is 1. The number of pyridine rings is 1. The minimum absolute atomic E-state index is 0. The number of rotatable bonds is 7. The molecule has 0 bridgehead atoms. The summed E-state index contributed by atoms with van der Waals surface area (Å²) >= 11 is 0. The third-order valence-electron chi connectivity index (χ3n) is 5.83. The second kappa shape index (κ2) is 11.6. The van der Waals surface area contributed by atoms with Crippen molar-refractivity contribution in [3.63, 3.8) is 0 Å². The van der Waals surface area contributed by atoms with Crippen molar-refractivity contribution in [2.75, 3.05) is 18.1 Å². The van der Waals surface area contributed by atoms with E-state index in [2.05, 4.69) is 4.98 Å². The Bertz CT molecular complexity index is 1440. The molecule has 2 N–H and O–H groups in total. The first-order valence-corrected chi connectivity index (χ1v) is 11.1. The number of carboxylic acid groups (broad SMARTS) is 1. The maximum absolute atomic E-state index is 13.4. The molecule has 1 radical (unpaired) electrons. The smallest absolute Gasteiger partial charge is 0.417 e. The fraction of sp³-hybridized carbons (Fsp3) is 0.280. The molecule has 3 aromatic rings. The SMILES string of the molecule is CC(CC(=O)O)C(=O)OC[C@H]1CN(c2ccc3cc(-c4ccccc4C(F)(F)F)[nH]c(=O)c3c2)C(=O)O1.[Na]. The Labute approximate surface area is 235 Å². The largest absolute Gasteiger partial charge is 0.481 e. The van der Waals surface area contributed by atoms with Gasteiger partial charge in [-0.1, -0.05) is 31.2 Å². The first-order valence-electron chi connectivity index (χ1n) is 11.1. The van der Waals surface area contributed by atoms with Gasteiger partial charge in [-0.3, -0.25) is 19.3 Å². The Morgan fingerprint density at radius 1 is 1.18 bits per heavy atom. The third-order valence-corrected chi connectivity index (χ3v) is 5.83. The average molecular weight is 541 g/mol. The van der Waals surface area contributed by atoms with E-state index < -0.39 is 53.8 Å². The van der Waals surface area contributed by atoms with Gasteiger partial charge in [0.05, 0.1) is 24.4 Å². The molecule has 1 aliphatic rings. The Balaban J connectivity index is 0.00000400. The van der Waals surface area contributed by atoms with Crippen LogP contribution in [0.25, 0.3) is 22.0 Å². The Morgan fingerprint density at radius 3 is 2.58 bits per heavy atom. The summed E-state index contributed by atoms with van der Waals surface area (Å²) in [7, 11) is 0. The maximum atomic E-state index is 13.4. The Kier molecular flexibility index (Phi) is 8.90. The summed E-state index contributed by atoms with van der Waals surface area (Å²) in [6, 6.07) is 10.8. The van der Waals surface area contributed by atoms with Crippen LogP contribution in [-0.4, -0.2) is 76.9 Å². The number of fused-ring (bicyclic) bond motifs is 1. The van der Waals surface area contributed by atoms with E-state index in [0.29, 0.717) is 11.1 Å². The van der Waals surface area contributed by atoms with Crippen LogP contribution >= 0.6 is 0 Å². The predicted octanol–water partition coefficient (Wildman–Crippen LogP) is 3.81. The van der Waals surface area contributed by atoms with Gasteiger partial charge in [0.15, 0.2) is 6.10 Å². The van der Waals surface area contributed by atoms with E-state index in [0.717, 1.165) is 6.07 Å². The molecule has 2 heterocycles. The van der Waals surface area contributed by atoms with E-state index in [1.165, 1.54) is 54.3 Å². The number of benzene rings is 2.